The fourth-order valence-electron chi connectivity index (χ4n) is 10.4. The van der Waals surface area contributed by atoms with E-state index in [-0.39, 0.29) is 54.3 Å². The number of carbonyl (C=O) groups excluding carboxylic acids is 4. The van der Waals surface area contributed by atoms with E-state index in [9.17, 15) is 19.2 Å². The number of amides is 6. The fraction of sp³-hybridized carbons (Fsp3) is 0.333. The SMILES string of the molecule is CCCN(CCOC)CC(=O)Nc1cc(COc2ccc(NC(=O)Nc3cc(C(C)(C)C)nn3-c3ccc(C)cc3)c3ccccc23)ccn1.COCCNCCOC.Cc1ccc(-n2nc(C(C)(C)C)cc2NC(=O)Nc2ccc(OCc3ccnc(NC(=O)CCl)c3)c3ccccc23)cc1. The summed E-state index contributed by atoms with van der Waals surface area (Å²) in [5.41, 5.74) is 8.24. The summed E-state index contributed by atoms with van der Waals surface area (Å²) in [6, 6.07) is 49.0. The smallest absolute Gasteiger partial charge is 0.324 e. The predicted octanol–water partition coefficient (Wildman–Crippen LogP) is 14.8. The number of ether oxygens (including phenoxy) is 5. The third-order valence-electron chi connectivity index (χ3n) is 15.8. The third-order valence-corrected chi connectivity index (χ3v) is 16.1. The number of methoxy groups -OCH3 is 3. The minimum absolute atomic E-state index is 0.132. The van der Waals surface area contributed by atoms with Crippen molar-refractivity contribution in [3.05, 3.63) is 204 Å². The van der Waals surface area contributed by atoms with Gasteiger partial charge in [-0.15, -0.1) is 11.6 Å². The Bertz CT molecular complexity index is 4370. The molecule has 538 valence electrons. The third kappa shape index (κ3) is 23.1. The number of benzene rings is 6. The number of hydrogen-bond donors (Lipinski definition) is 7. The molecule has 0 aliphatic heterocycles. The Morgan fingerprint density at radius 3 is 1.31 bits per heavy atom. The highest BCUT2D eigenvalue weighted by Crippen LogP contribution is 2.35. The zero-order valence-electron chi connectivity index (χ0n) is 60.3. The van der Waals surface area contributed by atoms with Crippen LogP contribution in [0.4, 0.5) is 44.2 Å². The van der Waals surface area contributed by atoms with E-state index in [2.05, 4.69) is 101 Å². The first-order valence-corrected chi connectivity index (χ1v) is 34.3. The van der Waals surface area contributed by atoms with Crippen molar-refractivity contribution in [3.8, 4) is 22.9 Å². The number of pyridine rings is 2. The molecule has 0 spiro atoms. The zero-order valence-corrected chi connectivity index (χ0v) is 61.1. The van der Waals surface area contributed by atoms with Gasteiger partial charge < -0.3 is 50.3 Å². The Hall–Kier alpha value is -10.3. The average Bonchev–Trinajstić information content (AvgIpc) is 1.30. The van der Waals surface area contributed by atoms with Gasteiger partial charge in [0.05, 0.1) is 60.5 Å². The van der Waals surface area contributed by atoms with E-state index in [1.165, 1.54) is 0 Å². The summed E-state index contributed by atoms with van der Waals surface area (Å²) < 4.78 is 30.7. The van der Waals surface area contributed by atoms with Crippen LogP contribution in [0.2, 0.25) is 0 Å². The van der Waals surface area contributed by atoms with Gasteiger partial charge in [0.2, 0.25) is 11.8 Å². The van der Waals surface area contributed by atoms with Crippen molar-refractivity contribution in [3.63, 3.8) is 0 Å². The molecule has 10 rings (SSSR count). The number of carbonyl (C=O) groups is 4. The van der Waals surface area contributed by atoms with Crippen LogP contribution in [0.25, 0.3) is 32.9 Å². The van der Waals surface area contributed by atoms with Crippen LogP contribution in [0, 0.1) is 13.8 Å². The maximum absolute atomic E-state index is 13.4. The Kier molecular flexibility index (Phi) is 28.8. The lowest BCUT2D eigenvalue weighted by molar-refractivity contribution is -0.117. The topological polar surface area (TPSA) is 263 Å². The number of urea groups is 2. The Morgan fingerprint density at radius 2 is 0.912 bits per heavy atom. The Labute approximate surface area is 602 Å². The lowest BCUT2D eigenvalue weighted by Gasteiger charge is -2.20. The van der Waals surface area contributed by atoms with Gasteiger partial charge in [0.15, 0.2) is 0 Å². The van der Waals surface area contributed by atoms with E-state index in [1.807, 2.05) is 166 Å². The van der Waals surface area contributed by atoms with Crippen LogP contribution in [-0.2, 0) is 47.8 Å². The number of nitrogens with zero attached hydrogens (tertiary/aromatic N) is 7. The molecule has 0 atom stereocenters. The van der Waals surface area contributed by atoms with E-state index in [1.54, 1.807) is 49.2 Å². The molecule has 0 fully saturated rings. The van der Waals surface area contributed by atoms with Crippen molar-refractivity contribution in [1.29, 1.82) is 0 Å². The molecule has 4 aromatic heterocycles. The van der Waals surface area contributed by atoms with Crippen molar-refractivity contribution in [2.24, 2.45) is 0 Å². The molecule has 6 amide bonds. The molecule has 0 aliphatic rings. The summed E-state index contributed by atoms with van der Waals surface area (Å²) in [6.45, 7) is 24.8. The summed E-state index contributed by atoms with van der Waals surface area (Å²) >= 11 is 5.58. The van der Waals surface area contributed by atoms with E-state index in [0.717, 1.165) is 106 Å². The number of rotatable bonds is 28. The quantitative estimate of drug-likeness (QED) is 0.0178. The average molecular weight is 1410 g/mol. The van der Waals surface area contributed by atoms with Crippen molar-refractivity contribution >= 4 is 91.7 Å². The van der Waals surface area contributed by atoms with Crippen molar-refractivity contribution in [1.82, 2.24) is 39.7 Å². The van der Waals surface area contributed by atoms with Crippen molar-refractivity contribution in [2.75, 3.05) is 112 Å². The van der Waals surface area contributed by atoms with Gasteiger partial charge in [0, 0.05) is 97.9 Å². The monoisotopic (exact) mass is 1410 g/mol. The molecular formula is C78H95ClN14O9. The summed E-state index contributed by atoms with van der Waals surface area (Å²) in [5.74, 6) is 2.70. The van der Waals surface area contributed by atoms with Gasteiger partial charge in [0.1, 0.15) is 53.9 Å². The maximum atomic E-state index is 13.4. The van der Waals surface area contributed by atoms with Gasteiger partial charge in [-0.05, 0) is 111 Å². The van der Waals surface area contributed by atoms with Crippen LogP contribution in [0.5, 0.6) is 11.5 Å². The zero-order chi connectivity index (χ0) is 73.2. The van der Waals surface area contributed by atoms with Crippen LogP contribution in [0.3, 0.4) is 0 Å². The number of nitrogens with one attached hydrogen (secondary N) is 7. The Morgan fingerprint density at radius 1 is 0.490 bits per heavy atom. The number of anilines is 6. The standard InChI is InChI=1S/C39H47N7O4.C33H33ClN6O3.C6H15NO2/c1-7-20-45(21-22-49-6)25-37(47)42-35-23-28(18-19-40-35)26-50-33-17-16-32(30-10-8-9-11-31(30)33)41-38(48)43-36-24-34(39(3,4)5)44-46(36)29-14-12-27(2)13-15-29;1-21-9-11-23(12-10-21)40-30(18-28(39-40)33(2,3)4)38-32(42)36-26-13-14-27(25-8-6-5-7-24(25)26)43-20-22-15-16-35-29(17-22)37-31(41)19-34;1-8-5-3-7-4-6-9-2/h8-19,23-24H,7,20-22,25-26H2,1-6H3,(H,40,42,47)(H2,41,43,48);5-18H,19-20H2,1-4H3,(H,35,37,41)(H2,36,38,42);7H,3-6H2,1-2H3. The molecule has 0 saturated carbocycles. The second kappa shape index (κ2) is 38.0. The molecule has 0 aliphatic carbocycles. The summed E-state index contributed by atoms with van der Waals surface area (Å²) in [5, 5.41) is 33.7. The fourth-order valence-corrected chi connectivity index (χ4v) is 10.5. The van der Waals surface area contributed by atoms with Gasteiger partial charge in [-0.2, -0.15) is 10.2 Å². The van der Waals surface area contributed by atoms with Crippen LogP contribution in [-0.4, -0.2) is 138 Å². The molecule has 0 saturated heterocycles. The highest BCUT2D eigenvalue weighted by atomic mass is 35.5. The number of aryl methyl sites for hydroxylation is 2. The first kappa shape index (κ1) is 77.5. The Balaban J connectivity index is 0.000000233. The van der Waals surface area contributed by atoms with Gasteiger partial charge in [-0.1, -0.05) is 132 Å². The first-order chi connectivity index (χ1) is 49.0. The van der Waals surface area contributed by atoms with E-state index in [0.29, 0.717) is 59.3 Å². The van der Waals surface area contributed by atoms with Gasteiger partial charge in [-0.25, -0.2) is 28.9 Å². The lowest BCUT2D eigenvalue weighted by Crippen LogP contribution is -2.36. The maximum Gasteiger partial charge on any atom is 0.324 e. The number of halogens is 1. The minimum atomic E-state index is -0.393. The molecule has 0 bridgehead atoms. The second-order valence-corrected chi connectivity index (χ2v) is 26.5. The highest BCUT2D eigenvalue weighted by Gasteiger charge is 2.24. The molecular weight excluding hydrogens is 1310 g/mol. The molecule has 4 heterocycles. The van der Waals surface area contributed by atoms with Gasteiger partial charge >= 0.3 is 12.1 Å². The van der Waals surface area contributed by atoms with Gasteiger partial charge in [-0.3, -0.25) is 25.1 Å². The van der Waals surface area contributed by atoms with Crippen molar-refractivity contribution < 1.29 is 42.9 Å². The second-order valence-electron chi connectivity index (χ2n) is 26.2. The normalized spacial score (nSPS) is 11.3. The molecule has 23 nitrogen and oxygen atoms in total. The predicted molar refractivity (Wildman–Crippen MR) is 408 cm³/mol. The number of alkyl halides is 1. The number of fused-ring (bicyclic) bond motifs is 2. The minimum Gasteiger partial charge on any atom is -0.488 e. The highest BCUT2D eigenvalue weighted by molar-refractivity contribution is 6.29. The molecule has 7 N–H and O–H groups in total. The summed E-state index contributed by atoms with van der Waals surface area (Å²) in [4.78, 5) is 61.6. The van der Waals surface area contributed by atoms with Crippen LogP contribution in [0.1, 0.15) is 88.5 Å². The van der Waals surface area contributed by atoms with Crippen LogP contribution >= 0.6 is 11.6 Å². The van der Waals surface area contributed by atoms with Crippen LogP contribution < -0.4 is 46.7 Å². The summed E-state index contributed by atoms with van der Waals surface area (Å²) in [7, 11) is 5.04. The van der Waals surface area contributed by atoms with Crippen molar-refractivity contribution in [2.45, 2.75) is 92.8 Å². The van der Waals surface area contributed by atoms with E-state index in [4.69, 9.17) is 45.5 Å². The molecule has 0 unspecified atom stereocenters. The molecule has 6 aromatic carbocycles. The van der Waals surface area contributed by atoms with Crippen LogP contribution in [0.15, 0.2) is 170 Å². The largest absolute Gasteiger partial charge is 0.488 e. The number of hydrogen-bond acceptors (Lipinski definition) is 15. The van der Waals surface area contributed by atoms with E-state index >= 15 is 0 Å². The molecule has 10 aromatic rings. The van der Waals surface area contributed by atoms with E-state index < -0.39 is 6.03 Å². The first-order valence-electron chi connectivity index (χ1n) is 33.8. The van der Waals surface area contributed by atoms with Gasteiger partial charge in [0.25, 0.3) is 0 Å². The molecule has 24 heteroatoms. The summed E-state index contributed by atoms with van der Waals surface area (Å²) in [6.07, 6.45) is 4.20. The molecule has 102 heavy (non-hydrogen) atoms. The number of aromatic nitrogens is 6. The molecule has 0 radical (unpaired) electrons. The lowest BCUT2D eigenvalue weighted by atomic mass is 9.92.